The van der Waals surface area contributed by atoms with Gasteiger partial charge in [-0.1, -0.05) is 0 Å². The molecule has 0 aliphatic carbocycles. The summed E-state index contributed by atoms with van der Waals surface area (Å²) in [6, 6.07) is 3.69. The molecule has 0 fully saturated rings. The van der Waals surface area contributed by atoms with E-state index >= 15 is 0 Å². The normalized spacial score (nSPS) is 12.2. The first-order valence-electron chi connectivity index (χ1n) is 5.63. The molecule has 0 bridgehead atoms. The summed E-state index contributed by atoms with van der Waals surface area (Å²) in [6.07, 6.45) is 7.71. The summed E-state index contributed by atoms with van der Waals surface area (Å²) < 4.78 is 13.1. The predicted molar refractivity (Wildman–Crippen MR) is 75.5 cm³/mol. The fraction of sp³-hybridized carbons (Fsp3) is 0.167. The van der Waals surface area contributed by atoms with Crippen LogP contribution in [0, 0.1) is 11.3 Å². The van der Waals surface area contributed by atoms with E-state index in [1.165, 1.54) is 18.5 Å². The largest absolute Gasteiger partial charge is 0.323 e. The number of aromatic nitrogens is 4. The third-order valence-corrected chi connectivity index (χ3v) is 3.06. The molecule has 0 aliphatic rings. The van der Waals surface area contributed by atoms with Crippen LogP contribution in [0.2, 0.25) is 0 Å². The monoisotopic (exact) mass is 288 g/mol. The molecular weight excluding hydrogens is 276 g/mol. The van der Waals surface area contributed by atoms with Gasteiger partial charge in [-0.15, -0.1) is 0 Å². The van der Waals surface area contributed by atoms with Gasteiger partial charge in [-0.3, -0.25) is 8.89 Å². The van der Waals surface area contributed by atoms with Crippen LogP contribution in [0.4, 0.5) is 11.6 Å². The van der Waals surface area contributed by atoms with Crippen molar-refractivity contribution in [3.05, 3.63) is 30.1 Å². The lowest BCUT2D eigenvalue weighted by atomic mass is 10.3. The van der Waals surface area contributed by atoms with E-state index in [2.05, 4.69) is 20.4 Å². The molecule has 0 saturated carbocycles. The van der Waals surface area contributed by atoms with Crippen molar-refractivity contribution in [1.82, 2.24) is 19.7 Å². The first-order valence-corrected chi connectivity index (χ1v) is 7.19. The van der Waals surface area contributed by atoms with Crippen molar-refractivity contribution in [1.29, 1.82) is 5.26 Å². The van der Waals surface area contributed by atoms with Gasteiger partial charge in [-0.2, -0.15) is 10.4 Å². The van der Waals surface area contributed by atoms with Crippen LogP contribution in [0.5, 0.6) is 0 Å². The van der Waals surface area contributed by atoms with Gasteiger partial charge in [-0.25, -0.2) is 9.97 Å². The van der Waals surface area contributed by atoms with E-state index in [0.29, 0.717) is 17.2 Å². The molecule has 0 saturated heterocycles. The number of rotatable bonds is 4. The topological polar surface area (TPSA) is 96.5 Å². The second kappa shape index (κ2) is 6.08. The summed E-state index contributed by atoms with van der Waals surface area (Å²) in [4.78, 5) is 8.20. The van der Waals surface area contributed by atoms with E-state index < -0.39 is 10.8 Å². The summed E-state index contributed by atoms with van der Waals surface area (Å²) in [6.45, 7) is 0. The van der Waals surface area contributed by atoms with E-state index in [1.54, 1.807) is 30.1 Å². The Morgan fingerprint density at radius 2 is 2.35 bits per heavy atom. The maximum absolute atomic E-state index is 11.4. The van der Waals surface area contributed by atoms with Crippen molar-refractivity contribution in [2.24, 2.45) is 7.05 Å². The molecule has 20 heavy (non-hydrogen) atoms. The molecule has 0 amide bonds. The van der Waals surface area contributed by atoms with Crippen molar-refractivity contribution >= 4 is 28.5 Å². The Hall–Kier alpha value is -2.53. The first kappa shape index (κ1) is 13.9. The van der Waals surface area contributed by atoms with E-state index in [-0.39, 0.29) is 5.16 Å². The van der Waals surface area contributed by atoms with Crippen molar-refractivity contribution in [2.45, 2.75) is 5.16 Å². The molecule has 1 atom stereocenters. The standard InChI is InChI=1S/C12H12N6OS/c1-18-7-5-10(17-18)15-11-9(4-3-6-13)8-14-12(16-11)20(2)19/h3-5,7-8H,1-2H3,(H,14,15,16,17)/b4-3+/t20-/m0/s1. The summed E-state index contributed by atoms with van der Waals surface area (Å²) in [5.74, 6) is 1.06. The maximum Gasteiger partial charge on any atom is 0.220 e. The smallest absolute Gasteiger partial charge is 0.220 e. The lowest BCUT2D eigenvalue weighted by Crippen LogP contribution is -2.04. The number of allylic oxidation sites excluding steroid dienone is 1. The van der Waals surface area contributed by atoms with Gasteiger partial charge in [0.1, 0.15) is 5.82 Å². The number of anilines is 2. The highest BCUT2D eigenvalue weighted by atomic mass is 32.2. The van der Waals surface area contributed by atoms with Crippen molar-refractivity contribution in [3.63, 3.8) is 0 Å². The van der Waals surface area contributed by atoms with Gasteiger partial charge >= 0.3 is 0 Å². The second-order valence-corrected chi connectivity index (χ2v) is 5.15. The summed E-state index contributed by atoms with van der Waals surface area (Å²) in [5, 5.41) is 16.0. The Morgan fingerprint density at radius 1 is 1.55 bits per heavy atom. The Balaban J connectivity index is 2.40. The molecule has 102 valence electrons. The fourth-order valence-electron chi connectivity index (χ4n) is 1.47. The third-order valence-electron chi connectivity index (χ3n) is 2.35. The maximum atomic E-state index is 11.4. The van der Waals surface area contributed by atoms with Crippen molar-refractivity contribution in [2.75, 3.05) is 11.6 Å². The minimum Gasteiger partial charge on any atom is -0.323 e. The van der Waals surface area contributed by atoms with Gasteiger partial charge < -0.3 is 5.32 Å². The van der Waals surface area contributed by atoms with Gasteiger partial charge in [0.25, 0.3) is 0 Å². The van der Waals surface area contributed by atoms with E-state index in [4.69, 9.17) is 5.26 Å². The highest BCUT2D eigenvalue weighted by Gasteiger charge is 2.09. The number of nitriles is 1. The van der Waals surface area contributed by atoms with E-state index in [0.717, 1.165) is 0 Å². The van der Waals surface area contributed by atoms with Crippen molar-refractivity contribution in [3.8, 4) is 6.07 Å². The van der Waals surface area contributed by atoms with Crippen LogP contribution < -0.4 is 5.32 Å². The van der Waals surface area contributed by atoms with Gasteiger partial charge in [0.05, 0.1) is 16.9 Å². The molecule has 0 spiro atoms. The highest BCUT2D eigenvalue weighted by molar-refractivity contribution is 7.84. The molecule has 7 nitrogen and oxygen atoms in total. The zero-order chi connectivity index (χ0) is 14.5. The molecular formula is C12H12N6OS. The third kappa shape index (κ3) is 3.27. The summed E-state index contributed by atoms with van der Waals surface area (Å²) in [7, 11) is 0.517. The first-order chi connectivity index (χ1) is 9.60. The van der Waals surface area contributed by atoms with Crippen LogP contribution in [0.3, 0.4) is 0 Å². The lowest BCUT2D eigenvalue weighted by molar-refractivity contribution is 0.679. The molecule has 1 N–H and O–H groups in total. The fourth-order valence-corrected chi connectivity index (χ4v) is 1.89. The van der Waals surface area contributed by atoms with Gasteiger partial charge in [0.15, 0.2) is 5.82 Å². The number of aryl methyl sites for hydroxylation is 1. The van der Waals surface area contributed by atoms with Crippen LogP contribution in [0.25, 0.3) is 6.08 Å². The molecule has 8 heteroatoms. The molecule has 2 aromatic rings. The molecule has 0 unspecified atom stereocenters. The van der Waals surface area contributed by atoms with Gasteiger partial charge in [0, 0.05) is 43.4 Å². The lowest BCUT2D eigenvalue weighted by Gasteiger charge is -2.07. The Bertz CT molecular complexity index is 715. The van der Waals surface area contributed by atoms with Crippen LogP contribution in [-0.2, 0) is 17.8 Å². The van der Waals surface area contributed by atoms with E-state index in [9.17, 15) is 4.21 Å². The predicted octanol–water partition coefficient (Wildman–Crippen LogP) is 1.23. The second-order valence-electron chi connectivity index (χ2n) is 3.87. The van der Waals surface area contributed by atoms with Gasteiger partial charge in [0.2, 0.25) is 5.16 Å². The number of hydrogen-bond donors (Lipinski definition) is 1. The molecule has 0 aliphatic heterocycles. The quantitative estimate of drug-likeness (QED) is 0.671. The van der Waals surface area contributed by atoms with Crippen molar-refractivity contribution < 1.29 is 4.21 Å². The molecule has 0 aromatic carbocycles. The van der Waals surface area contributed by atoms with Crippen LogP contribution >= 0.6 is 0 Å². The van der Waals surface area contributed by atoms with E-state index in [1.807, 2.05) is 6.07 Å². The molecule has 2 aromatic heterocycles. The minimum absolute atomic E-state index is 0.220. The number of hydrogen-bond acceptors (Lipinski definition) is 6. The summed E-state index contributed by atoms with van der Waals surface area (Å²) >= 11 is 0. The Labute approximate surface area is 118 Å². The minimum atomic E-state index is -1.28. The number of nitrogens with zero attached hydrogens (tertiary/aromatic N) is 5. The van der Waals surface area contributed by atoms with Crippen LogP contribution in [0.1, 0.15) is 5.56 Å². The SMILES string of the molecule is Cn1ccc(Nc2nc([S@](C)=O)ncc2/C=C/C#N)n1. The molecule has 2 heterocycles. The Kier molecular flexibility index (Phi) is 4.22. The van der Waals surface area contributed by atoms with Crippen LogP contribution in [0.15, 0.2) is 29.7 Å². The zero-order valence-electron chi connectivity index (χ0n) is 10.9. The van der Waals surface area contributed by atoms with Crippen LogP contribution in [-0.4, -0.2) is 30.2 Å². The average molecular weight is 288 g/mol. The Morgan fingerprint density at radius 3 is 2.95 bits per heavy atom. The number of nitrogens with one attached hydrogen (secondary N) is 1. The highest BCUT2D eigenvalue weighted by Crippen LogP contribution is 2.19. The average Bonchev–Trinajstić information content (AvgIpc) is 2.82. The molecule has 0 radical (unpaired) electrons. The summed E-state index contributed by atoms with van der Waals surface area (Å²) in [5.41, 5.74) is 0.617. The zero-order valence-corrected chi connectivity index (χ0v) is 11.8. The molecule has 2 rings (SSSR count). The van der Waals surface area contributed by atoms with Gasteiger partial charge in [-0.05, 0) is 6.08 Å².